The minimum Gasteiger partial charge on any atom is -0.370 e. The molecule has 0 radical (unpaired) electrons. The van der Waals surface area contributed by atoms with E-state index in [-0.39, 0.29) is 5.96 Å². The first kappa shape index (κ1) is 19.7. The van der Waals surface area contributed by atoms with Crippen LogP contribution in [0.3, 0.4) is 0 Å². The molecule has 0 aromatic heterocycles. The lowest BCUT2D eigenvalue weighted by atomic mass is 10.2. The summed E-state index contributed by atoms with van der Waals surface area (Å²) in [6.07, 6.45) is 5.54. The second-order valence-corrected chi connectivity index (χ2v) is 3.51. The van der Waals surface area contributed by atoms with Gasteiger partial charge in [-0.3, -0.25) is 14.5 Å². The molecule has 94 valence electrons. The van der Waals surface area contributed by atoms with Gasteiger partial charge >= 0.3 is 10.4 Å². The van der Waals surface area contributed by atoms with E-state index in [1.54, 1.807) is 0 Å². The van der Waals surface area contributed by atoms with Gasteiger partial charge in [-0.1, -0.05) is 39.5 Å². The van der Waals surface area contributed by atoms with Crippen molar-refractivity contribution in [3.63, 3.8) is 0 Å². The number of rotatable bonds is 3. The number of guanidine groups is 1. The fourth-order valence-corrected chi connectivity index (χ4v) is 0.500. The van der Waals surface area contributed by atoms with Crippen LogP contribution in [-0.4, -0.2) is 23.5 Å². The first-order chi connectivity index (χ1) is 6.65. The zero-order valence-corrected chi connectivity index (χ0v) is 9.92. The Labute approximate surface area is 90.9 Å². The predicted octanol–water partition coefficient (Wildman–Crippen LogP) is 0.772. The maximum Gasteiger partial charge on any atom is 0.394 e. The van der Waals surface area contributed by atoms with Gasteiger partial charge in [0.25, 0.3) is 0 Å². The molecule has 0 aliphatic carbocycles. The van der Waals surface area contributed by atoms with E-state index in [0.717, 1.165) is 0 Å². The molecule has 7 N–H and O–H groups in total. The summed E-state index contributed by atoms with van der Waals surface area (Å²) < 4.78 is 31.6. The lowest BCUT2D eigenvalue weighted by molar-refractivity contribution is 0.381. The smallest absolute Gasteiger partial charge is 0.370 e. The molecular formula is C7H21N3O4S. The van der Waals surface area contributed by atoms with E-state index in [1.165, 1.54) is 25.7 Å². The summed E-state index contributed by atoms with van der Waals surface area (Å²) in [5, 5.41) is 6.06. The first-order valence-corrected chi connectivity index (χ1v) is 5.84. The topological polar surface area (TPSA) is 150 Å². The Morgan fingerprint density at radius 3 is 1.33 bits per heavy atom. The van der Waals surface area contributed by atoms with Crippen molar-refractivity contribution < 1.29 is 17.5 Å². The lowest BCUT2D eigenvalue weighted by Crippen LogP contribution is -2.20. The van der Waals surface area contributed by atoms with Crippen LogP contribution in [0.1, 0.15) is 39.5 Å². The highest BCUT2D eigenvalue weighted by Gasteiger charge is 1.84. The largest absolute Gasteiger partial charge is 0.394 e. The van der Waals surface area contributed by atoms with Crippen LogP contribution in [0.15, 0.2) is 0 Å². The van der Waals surface area contributed by atoms with Crippen molar-refractivity contribution in [1.29, 1.82) is 5.41 Å². The van der Waals surface area contributed by atoms with Gasteiger partial charge in [0, 0.05) is 0 Å². The van der Waals surface area contributed by atoms with Gasteiger partial charge in [-0.2, -0.15) is 8.42 Å². The molecule has 0 saturated heterocycles. The van der Waals surface area contributed by atoms with Crippen molar-refractivity contribution >= 4 is 16.4 Å². The van der Waals surface area contributed by atoms with Gasteiger partial charge in [-0.25, -0.2) is 0 Å². The maximum atomic E-state index is 8.74. The van der Waals surface area contributed by atoms with Crippen LogP contribution < -0.4 is 11.5 Å². The molecule has 7 nitrogen and oxygen atoms in total. The first-order valence-electron chi connectivity index (χ1n) is 4.44. The quantitative estimate of drug-likeness (QED) is 0.214. The summed E-state index contributed by atoms with van der Waals surface area (Å²) in [6, 6.07) is 0. The van der Waals surface area contributed by atoms with Crippen LogP contribution in [0.5, 0.6) is 0 Å². The standard InChI is InChI=1S/C6H14.CH5N3.H2O4S/c1-3-5-6-4-2;2-1(3)4;1-5(2,3)4/h3-6H2,1-2H3;(H5,2,3,4);(H2,1,2,3,4). The Bertz CT molecular complexity index is 212. The average molecular weight is 243 g/mol. The minimum absolute atomic E-state index is 0.333. The number of hydrogen-bond acceptors (Lipinski definition) is 3. The van der Waals surface area contributed by atoms with Gasteiger partial charge in [0.2, 0.25) is 0 Å². The van der Waals surface area contributed by atoms with Crippen LogP contribution >= 0.6 is 0 Å². The lowest BCUT2D eigenvalue weighted by Gasteiger charge is -1.86. The average Bonchev–Trinajstić information content (AvgIpc) is 1.96. The van der Waals surface area contributed by atoms with Crippen molar-refractivity contribution in [1.82, 2.24) is 0 Å². The van der Waals surface area contributed by atoms with Crippen molar-refractivity contribution in [3.8, 4) is 0 Å². The summed E-state index contributed by atoms with van der Waals surface area (Å²) in [5.41, 5.74) is 8.94. The highest BCUT2D eigenvalue weighted by atomic mass is 32.3. The molecule has 0 aromatic carbocycles. The third-order valence-corrected chi connectivity index (χ3v) is 0.957. The van der Waals surface area contributed by atoms with E-state index in [9.17, 15) is 0 Å². The number of unbranched alkanes of at least 4 members (excludes halogenated alkanes) is 3. The van der Waals surface area contributed by atoms with Crippen LogP contribution in [0.25, 0.3) is 0 Å². The summed E-state index contributed by atoms with van der Waals surface area (Å²) in [4.78, 5) is 0. The Morgan fingerprint density at radius 2 is 1.27 bits per heavy atom. The van der Waals surface area contributed by atoms with Crippen LogP contribution in [0, 0.1) is 5.41 Å². The minimum atomic E-state index is -4.67. The van der Waals surface area contributed by atoms with Crippen molar-refractivity contribution in [2.75, 3.05) is 0 Å². The van der Waals surface area contributed by atoms with E-state index in [4.69, 9.17) is 22.9 Å². The van der Waals surface area contributed by atoms with Gasteiger partial charge in [-0.15, -0.1) is 0 Å². The van der Waals surface area contributed by atoms with E-state index in [2.05, 4.69) is 25.3 Å². The van der Waals surface area contributed by atoms with E-state index in [1.807, 2.05) is 0 Å². The van der Waals surface area contributed by atoms with Gasteiger partial charge in [0.05, 0.1) is 0 Å². The highest BCUT2D eigenvalue weighted by molar-refractivity contribution is 7.79. The van der Waals surface area contributed by atoms with E-state index < -0.39 is 10.4 Å². The second-order valence-electron chi connectivity index (χ2n) is 2.61. The monoisotopic (exact) mass is 243 g/mol. The third-order valence-electron chi connectivity index (χ3n) is 0.957. The van der Waals surface area contributed by atoms with Gasteiger partial charge in [0.1, 0.15) is 0 Å². The molecule has 0 aliphatic rings. The molecule has 0 spiro atoms. The molecule has 8 heteroatoms. The van der Waals surface area contributed by atoms with Crippen LogP contribution in [-0.2, 0) is 10.4 Å². The molecule has 15 heavy (non-hydrogen) atoms. The fraction of sp³-hybridized carbons (Fsp3) is 0.857. The number of hydrogen-bond donors (Lipinski definition) is 5. The van der Waals surface area contributed by atoms with Crippen LogP contribution in [0.2, 0.25) is 0 Å². The Hall–Kier alpha value is -0.860. The van der Waals surface area contributed by atoms with Gasteiger partial charge < -0.3 is 11.5 Å². The SMILES string of the molecule is CCCCCC.N=C(N)N.O=S(=O)(O)O. The number of nitrogens with one attached hydrogen (secondary N) is 1. The molecule has 0 atom stereocenters. The van der Waals surface area contributed by atoms with Crippen molar-refractivity contribution in [2.24, 2.45) is 11.5 Å². The molecule has 0 bridgehead atoms. The number of nitrogens with two attached hydrogens (primary N) is 2. The van der Waals surface area contributed by atoms with E-state index >= 15 is 0 Å². The molecule has 0 fully saturated rings. The third kappa shape index (κ3) is 356. The maximum absolute atomic E-state index is 8.74. The van der Waals surface area contributed by atoms with Crippen molar-refractivity contribution in [2.45, 2.75) is 39.5 Å². The fourth-order valence-electron chi connectivity index (χ4n) is 0.500. The molecule has 0 aliphatic heterocycles. The molecule has 0 aromatic rings. The van der Waals surface area contributed by atoms with E-state index in [0.29, 0.717) is 0 Å². The zero-order chi connectivity index (χ0) is 12.9. The van der Waals surface area contributed by atoms with Crippen molar-refractivity contribution in [3.05, 3.63) is 0 Å². The molecule has 0 rings (SSSR count). The van der Waals surface area contributed by atoms with Gasteiger partial charge in [0.15, 0.2) is 5.96 Å². The summed E-state index contributed by atoms with van der Waals surface area (Å²) in [5.74, 6) is -0.333. The summed E-state index contributed by atoms with van der Waals surface area (Å²) in [7, 11) is -4.67. The second kappa shape index (κ2) is 13.1. The highest BCUT2D eigenvalue weighted by Crippen LogP contribution is 1.95. The molecule has 0 heterocycles. The normalized spacial score (nSPS) is 9.07. The molecule has 0 amide bonds. The Morgan fingerprint density at radius 1 is 1.13 bits per heavy atom. The summed E-state index contributed by atoms with van der Waals surface area (Å²) in [6.45, 7) is 4.46. The molecule has 0 unspecified atom stereocenters. The zero-order valence-electron chi connectivity index (χ0n) is 9.10. The predicted molar refractivity (Wildman–Crippen MR) is 60.1 cm³/mol. The Kier molecular flexibility index (Phi) is 17.2. The van der Waals surface area contributed by atoms with Crippen LogP contribution in [0.4, 0.5) is 0 Å². The molecule has 0 saturated carbocycles. The molecular weight excluding hydrogens is 222 g/mol. The summed E-state index contributed by atoms with van der Waals surface area (Å²) >= 11 is 0. The Balaban J connectivity index is -0.000000147. The van der Waals surface area contributed by atoms with Gasteiger partial charge in [-0.05, 0) is 0 Å².